The van der Waals surface area contributed by atoms with E-state index < -0.39 is 0 Å². The van der Waals surface area contributed by atoms with Crippen molar-refractivity contribution < 1.29 is 9.53 Å². The molecule has 0 saturated heterocycles. The lowest BCUT2D eigenvalue weighted by Gasteiger charge is -2.23. The van der Waals surface area contributed by atoms with Crippen LogP contribution in [0.4, 0.5) is 0 Å². The second-order valence-corrected chi connectivity index (χ2v) is 11.7. The van der Waals surface area contributed by atoms with E-state index in [1.807, 2.05) is 18.2 Å². The number of ether oxygens (including phenoxy) is 1. The van der Waals surface area contributed by atoms with Gasteiger partial charge in [-0.3, -0.25) is 4.79 Å². The van der Waals surface area contributed by atoms with Crippen LogP contribution in [-0.2, 0) is 16.2 Å². The third-order valence-corrected chi connectivity index (χ3v) is 9.13. The van der Waals surface area contributed by atoms with Gasteiger partial charge in [0.1, 0.15) is 0 Å². The Bertz CT molecular complexity index is 924. The second kappa shape index (κ2) is 13.0. The third kappa shape index (κ3) is 7.33. The Morgan fingerprint density at radius 3 is 2.33 bits per heavy atom. The predicted octanol–water partition coefficient (Wildman–Crippen LogP) is 6.14. The number of nitrogens with zero attached hydrogens (tertiary/aromatic N) is 2. The maximum Gasteiger partial charge on any atom is 0.251 e. The van der Waals surface area contributed by atoms with E-state index in [9.17, 15) is 4.79 Å². The average Bonchev–Trinajstić information content (AvgIpc) is 2.91. The summed E-state index contributed by atoms with van der Waals surface area (Å²) in [5, 5.41) is 4.39. The van der Waals surface area contributed by atoms with Gasteiger partial charge in [-0.15, -0.1) is 0 Å². The van der Waals surface area contributed by atoms with Crippen molar-refractivity contribution in [2.45, 2.75) is 86.7 Å². The van der Waals surface area contributed by atoms with Gasteiger partial charge in [-0.2, -0.15) is 23.5 Å². The maximum atomic E-state index is 12.6. The normalized spacial score (nSPS) is 22.0. The van der Waals surface area contributed by atoms with E-state index in [0.29, 0.717) is 18.7 Å². The Morgan fingerprint density at radius 1 is 0.970 bits per heavy atom. The Labute approximate surface area is 206 Å². The molecule has 1 aliphatic heterocycles. The Hall–Kier alpha value is -1.31. The lowest BCUT2D eigenvalue weighted by molar-refractivity contribution is 0.0915. The number of amides is 1. The van der Waals surface area contributed by atoms with Crippen molar-refractivity contribution in [1.82, 2.24) is 15.3 Å². The van der Waals surface area contributed by atoms with Crippen LogP contribution in [0.15, 0.2) is 18.2 Å². The highest BCUT2D eigenvalue weighted by molar-refractivity contribution is 8.00. The zero-order valence-corrected chi connectivity index (χ0v) is 21.4. The highest BCUT2D eigenvalue weighted by Crippen LogP contribution is 2.37. The fourth-order valence-electron chi connectivity index (χ4n) is 4.58. The molecule has 1 fully saturated rings. The SMILES string of the molecule is CCCOCCNC(=O)c1ccc2nc3c(nc2c1)CSC1CCCCCCCC(C1)SC3. The fourth-order valence-corrected chi connectivity index (χ4v) is 7.36. The Balaban J connectivity index is 1.49. The molecule has 1 aromatic heterocycles. The highest BCUT2D eigenvalue weighted by Gasteiger charge is 2.23. The Morgan fingerprint density at radius 2 is 1.64 bits per heavy atom. The summed E-state index contributed by atoms with van der Waals surface area (Å²) < 4.78 is 5.45. The van der Waals surface area contributed by atoms with Crippen LogP contribution in [0.2, 0.25) is 0 Å². The fraction of sp³-hybridized carbons (Fsp3) is 0.654. The van der Waals surface area contributed by atoms with Gasteiger partial charge in [-0.25, -0.2) is 9.97 Å². The molecule has 2 heterocycles. The molecule has 0 spiro atoms. The van der Waals surface area contributed by atoms with Crippen LogP contribution in [-0.4, -0.2) is 46.1 Å². The molecule has 1 aliphatic carbocycles. The minimum Gasteiger partial charge on any atom is -0.380 e. The minimum atomic E-state index is -0.0827. The average molecular weight is 488 g/mol. The van der Waals surface area contributed by atoms with Gasteiger partial charge < -0.3 is 10.1 Å². The summed E-state index contributed by atoms with van der Waals surface area (Å²) in [6.45, 7) is 3.86. The van der Waals surface area contributed by atoms with Crippen LogP contribution in [0.1, 0.15) is 86.5 Å². The Kier molecular flexibility index (Phi) is 9.74. The van der Waals surface area contributed by atoms with Crippen LogP contribution < -0.4 is 5.32 Å². The van der Waals surface area contributed by atoms with Gasteiger partial charge in [0, 0.05) is 40.7 Å². The van der Waals surface area contributed by atoms with Gasteiger partial charge in [0.25, 0.3) is 5.91 Å². The minimum absolute atomic E-state index is 0.0827. The van der Waals surface area contributed by atoms with Crippen LogP contribution in [0, 0.1) is 0 Å². The lowest BCUT2D eigenvalue weighted by atomic mass is 10.0. The maximum absolute atomic E-state index is 12.6. The molecule has 2 atom stereocenters. The lowest BCUT2D eigenvalue weighted by Crippen LogP contribution is -2.27. The molecule has 1 N–H and O–H groups in total. The number of nitrogens with one attached hydrogen (secondary N) is 1. The van der Waals surface area contributed by atoms with Crippen LogP contribution >= 0.6 is 23.5 Å². The summed E-state index contributed by atoms with van der Waals surface area (Å²) in [7, 11) is 0. The summed E-state index contributed by atoms with van der Waals surface area (Å²) in [5.41, 5.74) is 4.57. The van der Waals surface area contributed by atoms with Gasteiger partial charge >= 0.3 is 0 Å². The first-order valence-corrected chi connectivity index (χ1v) is 14.7. The molecule has 4 rings (SSSR count). The topological polar surface area (TPSA) is 64.1 Å². The number of hydrogen-bond acceptors (Lipinski definition) is 6. The van der Waals surface area contributed by atoms with Gasteiger partial charge in [-0.05, 0) is 43.9 Å². The molecule has 0 radical (unpaired) electrons. The van der Waals surface area contributed by atoms with E-state index in [1.54, 1.807) is 0 Å². The number of benzene rings is 1. The highest BCUT2D eigenvalue weighted by atomic mass is 32.2. The molecule has 1 aromatic carbocycles. The van der Waals surface area contributed by atoms with Gasteiger partial charge in [0.2, 0.25) is 0 Å². The first kappa shape index (κ1) is 24.8. The molecule has 7 heteroatoms. The molecule has 2 unspecified atom stereocenters. The number of hydrogen-bond donors (Lipinski definition) is 1. The molecule has 5 nitrogen and oxygen atoms in total. The van der Waals surface area contributed by atoms with E-state index in [-0.39, 0.29) is 5.91 Å². The monoisotopic (exact) mass is 487 g/mol. The van der Waals surface area contributed by atoms with Crippen molar-refractivity contribution in [3.05, 3.63) is 35.2 Å². The van der Waals surface area contributed by atoms with E-state index in [1.165, 1.54) is 51.4 Å². The van der Waals surface area contributed by atoms with E-state index in [0.717, 1.165) is 57.5 Å². The third-order valence-electron chi connectivity index (χ3n) is 6.45. The van der Waals surface area contributed by atoms with E-state index in [4.69, 9.17) is 14.7 Å². The van der Waals surface area contributed by atoms with Gasteiger partial charge in [0.05, 0.1) is 29.0 Å². The van der Waals surface area contributed by atoms with Crippen molar-refractivity contribution >= 4 is 40.5 Å². The van der Waals surface area contributed by atoms with Crippen LogP contribution in [0.25, 0.3) is 11.0 Å². The molecular formula is C26H37N3O2S2. The number of aromatic nitrogens is 2. The summed E-state index contributed by atoms with van der Waals surface area (Å²) in [6, 6.07) is 5.69. The number of thioether (sulfide) groups is 2. The van der Waals surface area contributed by atoms with Crippen LogP contribution in [0.5, 0.6) is 0 Å². The van der Waals surface area contributed by atoms with Crippen molar-refractivity contribution in [2.24, 2.45) is 0 Å². The smallest absolute Gasteiger partial charge is 0.251 e. The molecule has 33 heavy (non-hydrogen) atoms. The molecule has 1 saturated carbocycles. The van der Waals surface area contributed by atoms with Crippen molar-refractivity contribution in [2.75, 3.05) is 19.8 Å². The summed E-state index contributed by atoms with van der Waals surface area (Å²) in [5.74, 6) is 1.78. The predicted molar refractivity (Wildman–Crippen MR) is 140 cm³/mol. The van der Waals surface area contributed by atoms with Gasteiger partial charge in [0.15, 0.2) is 0 Å². The molecule has 1 amide bonds. The van der Waals surface area contributed by atoms with Gasteiger partial charge in [-0.1, -0.05) is 39.0 Å². The molecule has 2 aromatic rings. The first-order valence-electron chi connectivity index (χ1n) is 12.6. The summed E-state index contributed by atoms with van der Waals surface area (Å²) >= 11 is 4.16. The van der Waals surface area contributed by atoms with Crippen LogP contribution in [0.3, 0.4) is 0 Å². The standard InChI is InChI=1S/C26H37N3O2S2/c1-2-13-31-14-12-27-26(30)19-10-11-22-23(15-19)29-25-18-33-21-9-7-5-3-4-6-8-20(16-21)32-17-24(25)28-22/h10-11,15,20-21H,2-9,12-14,16-18H2,1H3,(H,27,30). The largest absolute Gasteiger partial charge is 0.380 e. The van der Waals surface area contributed by atoms with Crippen molar-refractivity contribution in [3.63, 3.8) is 0 Å². The van der Waals surface area contributed by atoms with E-state index in [2.05, 4.69) is 35.8 Å². The zero-order valence-electron chi connectivity index (χ0n) is 19.8. The number of fused-ring (bicyclic) bond motifs is 4. The molecular weight excluding hydrogens is 450 g/mol. The summed E-state index contributed by atoms with van der Waals surface area (Å²) in [6.07, 6.45) is 11.8. The second-order valence-electron chi connectivity index (χ2n) is 9.14. The first-order chi connectivity index (χ1) is 16.2. The zero-order chi connectivity index (χ0) is 22.9. The number of rotatable bonds is 6. The van der Waals surface area contributed by atoms with Crippen molar-refractivity contribution in [1.29, 1.82) is 0 Å². The number of carbonyl (C=O) groups excluding carboxylic acids is 1. The van der Waals surface area contributed by atoms with E-state index >= 15 is 0 Å². The van der Waals surface area contributed by atoms with Crippen molar-refractivity contribution in [3.8, 4) is 0 Å². The molecule has 2 aliphatic rings. The number of carbonyl (C=O) groups is 1. The molecule has 180 valence electrons. The molecule has 2 bridgehead atoms. The summed E-state index contributed by atoms with van der Waals surface area (Å²) in [4.78, 5) is 22.6. The quantitative estimate of drug-likeness (QED) is 0.494.